The average molecular weight is 252 g/mol. The number of nitrogens with zero attached hydrogens (tertiary/aromatic N) is 1. The summed E-state index contributed by atoms with van der Waals surface area (Å²) >= 11 is 0. The van der Waals surface area contributed by atoms with Gasteiger partial charge in [0.2, 0.25) is 0 Å². The van der Waals surface area contributed by atoms with Crippen molar-refractivity contribution in [2.75, 3.05) is 6.54 Å². The molecule has 0 unspecified atom stereocenters. The Labute approximate surface area is 101 Å². The molecule has 3 nitrogen and oxygen atoms in total. The van der Waals surface area contributed by atoms with Crippen LogP contribution in [0.5, 0.6) is 0 Å². The highest BCUT2D eigenvalue weighted by molar-refractivity contribution is 5.91. The highest BCUT2D eigenvalue weighted by Gasteiger charge is 1.84. The van der Waals surface area contributed by atoms with Gasteiger partial charge in [-0.25, -0.2) is 0 Å². The lowest BCUT2D eigenvalue weighted by Crippen LogP contribution is -2.23. The summed E-state index contributed by atoms with van der Waals surface area (Å²) in [6, 6.07) is 8.31. The number of rotatable bonds is 0. The lowest BCUT2D eigenvalue weighted by Gasteiger charge is -1.84. The van der Waals surface area contributed by atoms with E-state index >= 15 is 0 Å². The molecule has 0 saturated heterocycles. The minimum absolute atomic E-state index is 0. The van der Waals surface area contributed by atoms with Gasteiger partial charge in [0.25, 0.3) is 0 Å². The minimum Gasteiger partial charge on any atom is -0.412 e. The fourth-order valence-electron chi connectivity index (χ4n) is 1.19. The first-order valence-electron chi connectivity index (χ1n) is 3.72. The molecule has 1 heterocycles. The Morgan fingerprint density at radius 2 is 1.53 bits per heavy atom. The summed E-state index contributed by atoms with van der Waals surface area (Å²) in [6.07, 6.45) is 6.04. The number of hydrogen-bond donors (Lipinski definition) is 0. The maximum absolute atomic E-state index is 4.15. The summed E-state index contributed by atoms with van der Waals surface area (Å²) < 4.78 is 0. The fourth-order valence-corrected chi connectivity index (χ4v) is 1.19. The van der Waals surface area contributed by atoms with E-state index in [1.54, 1.807) is 0 Å². The molecular weight excluding hydrogens is 237 g/mol. The van der Waals surface area contributed by atoms with E-state index in [1.165, 1.54) is 10.4 Å². The molecule has 0 atom stereocenters. The molecule has 0 radical (unpaired) electrons. The molecule has 1 aliphatic heterocycles. The molecule has 0 aromatic heterocycles. The summed E-state index contributed by atoms with van der Waals surface area (Å²) in [5.41, 5.74) is 0. The van der Waals surface area contributed by atoms with E-state index in [9.17, 15) is 0 Å². The van der Waals surface area contributed by atoms with Crippen molar-refractivity contribution in [2.24, 2.45) is 4.99 Å². The normalized spacial score (nSPS) is 10.4. The molecule has 4 N–H and O–H groups in total. The molecule has 1 aromatic carbocycles. The monoisotopic (exact) mass is 251 g/mol. The van der Waals surface area contributed by atoms with Crippen molar-refractivity contribution in [3.63, 3.8) is 0 Å². The zero-order valence-corrected chi connectivity index (χ0v) is 9.65. The summed E-state index contributed by atoms with van der Waals surface area (Å²) in [4.78, 5) is 4.15. The topological polar surface area (TPSA) is 75.4 Å². The Morgan fingerprint density at radius 3 is 2.20 bits per heavy atom. The first-order valence-corrected chi connectivity index (χ1v) is 3.72. The molecule has 1 aliphatic rings. The Balaban J connectivity index is -0.000000360. The molecular formula is C10H15Cl2NO2. The van der Waals surface area contributed by atoms with Gasteiger partial charge in [0, 0.05) is 6.21 Å². The maximum Gasteiger partial charge on any atom is 0.0579 e. The van der Waals surface area contributed by atoms with Gasteiger partial charge < -0.3 is 11.0 Å². The number of fused-ring (bicyclic) bond motifs is 1. The van der Waals surface area contributed by atoms with Gasteiger partial charge in [-0.05, 0) is 16.5 Å². The van der Waals surface area contributed by atoms with Gasteiger partial charge in [0.15, 0.2) is 0 Å². The van der Waals surface area contributed by atoms with E-state index in [0.717, 1.165) is 6.54 Å². The van der Waals surface area contributed by atoms with Crippen molar-refractivity contribution in [3.05, 3.63) is 34.7 Å². The van der Waals surface area contributed by atoms with Gasteiger partial charge in [-0.2, -0.15) is 0 Å². The fraction of sp³-hybridized carbons (Fsp3) is 0.100. The van der Waals surface area contributed by atoms with Crippen LogP contribution in [0.1, 0.15) is 0 Å². The van der Waals surface area contributed by atoms with Crippen LogP contribution >= 0.6 is 24.8 Å². The minimum atomic E-state index is 0. The smallest absolute Gasteiger partial charge is 0.0579 e. The molecule has 5 heteroatoms. The Morgan fingerprint density at radius 1 is 0.933 bits per heavy atom. The molecule has 0 aliphatic carbocycles. The van der Waals surface area contributed by atoms with Gasteiger partial charge in [-0.15, -0.1) is 24.8 Å². The van der Waals surface area contributed by atoms with Crippen LogP contribution in [0, 0.1) is 0 Å². The molecule has 15 heavy (non-hydrogen) atoms. The van der Waals surface area contributed by atoms with Gasteiger partial charge in [-0.3, -0.25) is 4.99 Å². The van der Waals surface area contributed by atoms with Crippen LogP contribution in [0.2, 0.25) is 0 Å². The lowest BCUT2D eigenvalue weighted by molar-refractivity contribution is 0.823. The highest BCUT2D eigenvalue weighted by atomic mass is 35.5. The summed E-state index contributed by atoms with van der Waals surface area (Å²) in [5, 5.41) is 2.54. The molecule has 0 spiro atoms. The second-order valence-corrected chi connectivity index (χ2v) is 2.51. The lowest BCUT2D eigenvalue weighted by atomic mass is 10.2. The van der Waals surface area contributed by atoms with Gasteiger partial charge in [0.1, 0.15) is 0 Å². The zero-order valence-electron chi connectivity index (χ0n) is 8.01. The van der Waals surface area contributed by atoms with Crippen LogP contribution in [-0.4, -0.2) is 23.7 Å². The van der Waals surface area contributed by atoms with Crippen molar-refractivity contribution in [3.8, 4) is 0 Å². The van der Waals surface area contributed by atoms with E-state index < -0.39 is 0 Å². The third kappa shape index (κ3) is 4.95. The summed E-state index contributed by atoms with van der Waals surface area (Å²) in [6.45, 7) is 0.799. The van der Waals surface area contributed by atoms with Gasteiger partial charge in [-0.1, -0.05) is 30.3 Å². The average Bonchev–Trinajstić information content (AvgIpc) is 2.28. The van der Waals surface area contributed by atoms with E-state index in [4.69, 9.17) is 0 Å². The molecule has 0 fully saturated rings. The number of hydrogen-bond acceptors (Lipinski definition) is 1. The molecule has 86 valence electrons. The zero-order chi connectivity index (χ0) is 7.52. The molecule has 2 rings (SSSR count). The number of benzene rings is 1. The van der Waals surface area contributed by atoms with E-state index in [0.29, 0.717) is 0 Å². The van der Waals surface area contributed by atoms with Crippen molar-refractivity contribution in [2.45, 2.75) is 0 Å². The van der Waals surface area contributed by atoms with Crippen LogP contribution in [-0.2, 0) is 0 Å². The second-order valence-electron chi connectivity index (χ2n) is 2.51. The largest absolute Gasteiger partial charge is 0.412 e. The standard InChI is InChI=1S/C10H9N.2ClH.2H2O/c1-2-4-10-6-8-11-7-5-9(10)3-1;;;;/h1-7H,8H2;2*1H;2*1H2. The third-order valence-electron chi connectivity index (χ3n) is 1.77. The number of halogens is 2. The predicted molar refractivity (Wildman–Crippen MR) is 69.7 cm³/mol. The van der Waals surface area contributed by atoms with E-state index in [2.05, 4.69) is 29.3 Å². The highest BCUT2D eigenvalue weighted by Crippen LogP contribution is 1.77. The van der Waals surface area contributed by atoms with Crippen molar-refractivity contribution >= 4 is 43.2 Å². The quantitative estimate of drug-likeness (QED) is 0.598. The van der Waals surface area contributed by atoms with Gasteiger partial charge >= 0.3 is 0 Å². The molecule has 0 bridgehead atoms. The first-order chi connectivity index (χ1) is 5.47. The molecule has 0 amide bonds. The van der Waals surface area contributed by atoms with Crippen LogP contribution in [0.15, 0.2) is 29.3 Å². The maximum atomic E-state index is 4.15. The van der Waals surface area contributed by atoms with Crippen LogP contribution < -0.4 is 10.4 Å². The predicted octanol–water partition coefficient (Wildman–Crippen LogP) is -0.474. The van der Waals surface area contributed by atoms with Gasteiger partial charge in [0.05, 0.1) is 6.54 Å². The molecule has 0 saturated carbocycles. The Bertz CT molecular complexity index is 404. The Kier molecular flexibility index (Phi) is 12.7. The second kappa shape index (κ2) is 9.68. The van der Waals surface area contributed by atoms with Crippen LogP contribution in [0.4, 0.5) is 0 Å². The Hall–Kier alpha value is -0.870. The van der Waals surface area contributed by atoms with E-state index in [1.807, 2.05) is 18.4 Å². The van der Waals surface area contributed by atoms with Crippen molar-refractivity contribution in [1.82, 2.24) is 0 Å². The third-order valence-corrected chi connectivity index (χ3v) is 1.77. The van der Waals surface area contributed by atoms with Crippen LogP contribution in [0.3, 0.4) is 0 Å². The SMILES string of the molecule is C1=NCC=c2ccccc2=C1.Cl.Cl.O.O. The molecule has 1 aromatic rings. The first kappa shape index (κ1) is 19.7. The number of aliphatic imine (C=N–C) groups is 1. The van der Waals surface area contributed by atoms with Crippen molar-refractivity contribution in [1.29, 1.82) is 0 Å². The van der Waals surface area contributed by atoms with E-state index in [-0.39, 0.29) is 35.8 Å². The summed E-state index contributed by atoms with van der Waals surface area (Å²) in [7, 11) is 0. The van der Waals surface area contributed by atoms with Crippen LogP contribution in [0.25, 0.3) is 12.2 Å². The van der Waals surface area contributed by atoms with Crippen molar-refractivity contribution < 1.29 is 11.0 Å². The summed E-state index contributed by atoms with van der Waals surface area (Å²) in [5.74, 6) is 0.